The van der Waals surface area contributed by atoms with E-state index in [9.17, 15) is 18.0 Å². The molecule has 9 nitrogen and oxygen atoms in total. The van der Waals surface area contributed by atoms with Crippen LogP contribution >= 0.6 is 0 Å². The molecule has 0 saturated carbocycles. The molecule has 0 spiro atoms. The van der Waals surface area contributed by atoms with Gasteiger partial charge in [-0.3, -0.25) is 4.79 Å². The van der Waals surface area contributed by atoms with Crippen LogP contribution in [0.3, 0.4) is 0 Å². The van der Waals surface area contributed by atoms with Gasteiger partial charge in [0.1, 0.15) is 11.4 Å². The van der Waals surface area contributed by atoms with Crippen LogP contribution in [0, 0.1) is 19.7 Å². The Kier molecular flexibility index (Phi) is 8.86. The molecule has 3 aromatic carbocycles. The third kappa shape index (κ3) is 7.35. The normalized spacial score (nSPS) is 13.8. The zero-order valence-electron chi connectivity index (χ0n) is 24.2. The summed E-state index contributed by atoms with van der Waals surface area (Å²) in [6.45, 7) is 6.65. The van der Waals surface area contributed by atoms with Crippen molar-refractivity contribution in [1.29, 1.82) is 0 Å². The van der Waals surface area contributed by atoms with Crippen molar-refractivity contribution in [3.8, 4) is 17.4 Å². The molecule has 0 bridgehead atoms. The third-order valence-corrected chi connectivity index (χ3v) is 7.05. The van der Waals surface area contributed by atoms with Crippen molar-refractivity contribution in [2.24, 2.45) is 0 Å². The maximum absolute atomic E-state index is 15.1. The lowest BCUT2D eigenvalue weighted by atomic mass is 10.1. The van der Waals surface area contributed by atoms with Crippen molar-refractivity contribution in [1.82, 2.24) is 14.9 Å². The number of anilines is 4. The van der Waals surface area contributed by atoms with E-state index in [0.29, 0.717) is 30.2 Å². The zero-order valence-corrected chi connectivity index (χ0v) is 24.2. The van der Waals surface area contributed by atoms with Crippen LogP contribution in [0.25, 0.3) is 0 Å². The Morgan fingerprint density at radius 2 is 1.61 bits per heavy atom. The predicted molar refractivity (Wildman–Crippen MR) is 158 cm³/mol. The van der Waals surface area contributed by atoms with Crippen molar-refractivity contribution in [2.45, 2.75) is 20.2 Å². The predicted octanol–water partition coefficient (Wildman–Crippen LogP) is 6.67. The number of aryl methyl sites for hydroxylation is 2. The molecule has 1 saturated heterocycles. The first-order chi connectivity index (χ1) is 21.0. The monoisotopic (exact) mass is 610 g/mol. The molecule has 44 heavy (non-hydrogen) atoms. The maximum atomic E-state index is 15.1. The van der Waals surface area contributed by atoms with Crippen molar-refractivity contribution in [3.05, 3.63) is 89.4 Å². The topological polar surface area (TPSA) is 91.9 Å². The fourth-order valence-corrected chi connectivity index (χ4v) is 4.72. The third-order valence-electron chi connectivity index (χ3n) is 7.05. The number of rotatable bonds is 8. The largest absolute Gasteiger partial charge is 0.573 e. The minimum Gasteiger partial charge on any atom is -0.434 e. The zero-order chi connectivity index (χ0) is 31.4. The Morgan fingerprint density at radius 1 is 0.932 bits per heavy atom. The van der Waals surface area contributed by atoms with Crippen LogP contribution in [0.1, 0.15) is 21.5 Å². The highest BCUT2D eigenvalue weighted by Crippen LogP contribution is 2.36. The number of piperazine rings is 1. The molecule has 1 aliphatic heterocycles. The van der Waals surface area contributed by atoms with Crippen LogP contribution in [0.5, 0.6) is 17.4 Å². The standard InChI is InChI=1S/C31H30F4N6O3/c1-19-7-6-8-20(2)27(19)38-28(42)22-18-36-30(39-29(22)43-25-9-4-5-10-26(25)44-31(33,34)35)37-21-11-12-24(23(32)17-21)41-15-13-40(3)14-16-41/h4-12,17-18H,13-16H2,1-3H3,(H,38,42)(H,36,37,39). The van der Waals surface area contributed by atoms with Gasteiger partial charge in [0.2, 0.25) is 11.8 Å². The molecule has 0 unspecified atom stereocenters. The number of carbonyl (C=O) groups excluding carboxylic acids is 1. The smallest absolute Gasteiger partial charge is 0.434 e. The highest BCUT2D eigenvalue weighted by Gasteiger charge is 2.33. The van der Waals surface area contributed by atoms with Gasteiger partial charge >= 0.3 is 6.36 Å². The number of nitrogens with zero attached hydrogens (tertiary/aromatic N) is 4. The summed E-state index contributed by atoms with van der Waals surface area (Å²) in [5.74, 6) is -2.49. The number of ether oxygens (including phenoxy) is 2. The average molecular weight is 611 g/mol. The van der Waals surface area contributed by atoms with Crippen molar-refractivity contribution >= 4 is 28.9 Å². The van der Waals surface area contributed by atoms with Crippen LogP contribution in [-0.2, 0) is 0 Å². The number of likely N-dealkylation sites (N-methyl/N-ethyl adjacent to an activating group) is 1. The molecule has 1 aliphatic rings. The number of aromatic nitrogens is 2. The molecule has 0 atom stereocenters. The summed E-state index contributed by atoms with van der Waals surface area (Å²) in [5, 5.41) is 5.69. The quantitative estimate of drug-likeness (QED) is 0.214. The van der Waals surface area contributed by atoms with Crippen molar-refractivity contribution < 1.29 is 31.8 Å². The molecule has 0 aliphatic carbocycles. The lowest BCUT2D eigenvalue weighted by Crippen LogP contribution is -2.44. The van der Waals surface area contributed by atoms with E-state index < -0.39 is 23.8 Å². The molecule has 13 heteroatoms. The Bertz CT molecular complexity index is 1640. The molecule has 5 rings (SSSR count). The molecule has 4 aromatic rings. The van der Waals surface area contributed by atoms with E-state index in [0.717, 1.165) is 30.3 Å². The number of para-hydroxylation sites is 3. The number of hydrogen-bond acceptors (Lipinski definition) is 8. The molecule has 0 radical (unpaired) electrons. The Morgan fingerprint density at radius 3 is 2.27 bits per heavy atom. The Labute approximate surface area is 251 Å². The first-order valence-corrected chi connectivity index (χ1v) is 13.7. The van der Waals surface area contributed by atoms with Gasteiger partial charge in [0.05, 0.1) is 5.69 Å². The van der Waals surface area contributed by atoms with Crippen molar-refractivity contribution in [3.63, 3.8) is 0 Å². The number of halogens is 4. The van der Waals surface area contributed by atoms with Crippen LogP contribution in [-0.4, -0.2) is 60.4 Å². The number of nitrogens with one attached hydrogen (secondary N) is 2. The highest BCUT2D eigenvalue weighted by atomic mass is 19.4. The van der Waals surface area contributed by atoms with Crippen LogP contribution in [0.15, 0.2) is 66.9 Å². The summed E-state index contributed by atoms with van der Waals surface area (Å²) in [6, 6.07) is 15.2. The molecule has 1 aromatic heterocycles. The summed E-state index contributed by atoms with van der Waals surface area (Å²) in [4.78, 5) is 26.0. The summed E-state index contributed by atoms with van der Waals surface area (Å²) < 4.78 is 64.2. The fourth-order valence-electron chi connectivity index (χ4n) is 4.72. The SMILES string of the molecule is Cc1cccc(C)c1NC(=O)c1cnc(Nc2ccc(N3CCN(C)CC3)c(F)c2)nc1Oc1ccccc1OC(F)(F)F. The van der Waals surface area contributed by atoms with Gasteiger partial charge in [-0.15, -0.1) is 13.2 Å². The molecular weight excluding hydrogens is 580 g/mol. The average Bonchev–Trinajstić information content (AvgIpc) is 2.96. The second-order valence-corrected chi connectivity index (χ2v) is 10.3. The van der Waals surface area contributed by atoms with Crippen LogP contribution in [0.4, 0.5) is 40.6 Å². The fraction of sp³-hybridized carbons (Fsp3) is 0.258. The molecule has 2 N–H and O–H groups in total. The van der Waals surface area contributed by atoms with Gasteiger partial charge in [-0.05, 0) is 62.4 Å². The second-order valence-electron chi connectivity index (χ2n) is 10.3. The molecular formula is C31H30F4N6O3. The van der Waals surface area contributed by atoms with E-state index >= 15 is 4.39 Å². The van der Waals surface area contributed by atoms with Gasteiger partial charge < -0.3 is 29.9 Å². The van der Waals surface area contributed by atoms with E-state index in [2.05, 4.69) is 30.2 Å². The summed E-state index contributed by atoms with van der Waals surface area (Å²) >= 11 is 0. The second kappa shape index (κ2) is 12.8. The van der Waals surface area contributed by atoms with Gasteiger partial charge in [0.25, 0.3) is 5.91 Å². The number of benzene rings is 3. The molecule has 1 fully saturated rings. The molecule has 230 valence electrons. The minimum absolute atomic E-state index is 0.0791. The summed E-state index contributed by atoms with van der Waals surface area (Å²) in [6.07, 6.45) is -3.81. The summed E-state index contributed by atoms with van der Waals surface area (Å²) in [5.41, 5.74) is 2.78. The van der Waals surface area contributed by atoms with Gasteiger partial charge in [-0.25, -0.2) is 9.37 Å². The van der Waals surface area contributed by atoms with Gasteiger partial charge in [0, 0.05) is 43.8 Å². The first kappa shape index (κ1) is 30.5. The highest BCUT2D eigenvalue weighted by molar-refractivity contribution is 6.06. The lowest BCUT2D eigenvalue weighted by Gasteiger charge is -2.34. The van der Waals surface area contributed by atoms with Crippen LogP contribution in [0.2, 0.25) is 0 Å². The summed E-state index contributed by atoms with van der Waals surface area (Å²) in [7, 11) is 2.01. The van der Waals surface area contributed by atoms with Gasteiger partial charge in [-0.1, -0.05) is 30.3 Å². The molecule has 1 amide bonds. The maximum Gasteiger partial charge on any atom is 0.573 e. The van der Waals surface area contributed by atoms with Gasteiger partial charge in [-0.2, -0.15) is 4.98 Å². The Hall–Kier alpha value is -4.91. The lowest BCUT2D eigenvalue weighted by molar-refractivity contribution is -0.275. The number of hydrogen-bond donors (Lipinski definition) is 2. The van der Waals surface area contributed by atoms with E-state index in [4.69, 9.17) is 4.74 Å². The number of carbonyl (C=O) groups is 1. The van der Waals surface area contributed by atoms with E-state index in [1.54, 1.807) is 12.1 Å². The number of alkyl halides is 3. The minimum atomic E-state index is -4.99. The van der Waals surface area contributed by atoms with Crippen molar-refractivity contribution in [2.75, 3.05) is 48.8 Å². The van der Waals surface area contributed by atoms with E-state index in [1.165, 1.54) is 30.5 Å². The van der Waals surface area contributed by atoms with Gasteiger partial charge in [0.15, 0.2) is 11.5 Å². The molecule has 2 heterocycles. The van der Waals surface area contributed by atoms with E-state index in [-0.39, 0.29) is 23.1 Å². The Balaban J connectivity index is 1.46. The van der Waals surface area contributed by atoms with Crippen LogP contribution < -0.4 is 25.0 Å². The first-order valence-electron chi connectivity index (χ1n) is 13.7. The van der Waals surface area contributed by atoms with E-state index in [1.807, 2.05) is 44.0 Å². The number of amides is 1.